The van der Waals surface area contributed by atoms with Gasteiger partial charge in [-0.15, -0.1) is 24.0 Å². The molecule has 1 aromatic rings. The van der Waals surface area contributed by atoms with Crippen molar-refractivity contribution < 1.29 is 4.79 Å². The molecule has 2 N–H and O–H groups in total. The molecule has 0 aromatic carbocycles. The first kappa shape index (κ1) is 25.6. The fraction of sp³-hybridized carbons (Fsp3) is 0.682. The lowest BCUT2D eigenvalue weighted by atomic mass is 10.2. The zero-order chi connectivity index (χ0) is 21.2. The third-order valence-electron chi connectivity index (χ3n) is 5.79. The van der Waals surface area contributed by atoms with Gasteiger partial charge in [-0.3, -0.25) is 4.79 Å². The van der Waals surface area contributed by atoms with Gasteiger partial charge in [0, 0.05) is 65.0 Å². The molecule has 0 radical (unpaired) electrons. The maximum Gasteiger partial charge on any atom is 0.222 e. The second kappa shape index (κ2) is 13.7. The number of nitrogens with one attached hydrogen (secondary N) is 2. The number of nitrogens with zero attached hydrogens (tertiary/aromatic N) is 5. The van der Waals surface area contributed by atoms with Crippen LogP contribution in [0.3, 0.4) is 0 Å². The van der Waals surface area contributed by atoms with E-state index in [9.17, 15) is 4.79 Å². The second-order valence-corrected chi connectivity index (χ2v) is 7.90. The number of aromatic nitrogens is 1. The Bertz CT molecular complexity index is 707. The molecule has 0 aliphatic carbocycles. The lowest BCUT2D eigenvalue weighted by molar-refractivity contribution is -0.127. The van der Waals surface area contributed by atoms with Crippen LogP contribution in [0.1, 0.15) is 38.7 Å². The summed E-state index contributed by atoms with van der Waals surface area (Å²) in [5.41, 5.74) is 1.16. The van der Waals surface area contributed by atoms with Crippen LogP contribution in [0.2, 0.25) is 0 Å². The number of guanidine groups is 1. The van der Waals surface area contributed by atoms with E-state index in [2.05, 4.69) is 45.3 Å². The average molecular weight is 543 g/mol. The summed E-state index contributed by atoms with van der Waals surface area (Å²) >= 11 is 0. The molecule has 0 saturated carbocycles. The van der Waals surface area contributed by atoms with Crippen LogP contribution in [0.4, 0.5) is 5.82 Å². The minimum Gasteiger partial charge on any atom is -0.357 e. The number of carbonyl (C=O) groups is 1. The number of rotatable bonds is 9. The number of piperazine rings is 1. The molecule has 2 aliphatic rings. The number of likely N-dealkylation sites (N-methyl/N-ethyl adjacent to an activating group) is 1. The third kappa shape index (κ3) is 8.10. The Kier molecular flexibility index (Phi) is 11.3. The summed E-state index contributed by atoms with van der Waals surface area (Å²) in [6.07, 6.45) is 4.53. The molecule has 8 nitrogen and oxygen atoms in total. The van der Waals surface area contributed by atoms with Crippen molar-refractivity contribution in [2.24, 2.45) is 4.99 Å². The number of halogens is 1. The van der Waals surface area contributed by atoms with Crippen LogP contribution < -0.4 is 15.5 Å². The van der Waals surface area contributed by atoms with Crippen molar-refractivity contribution in [3.63, 3.8) is 0 Å². The van der Waals surface area contributed by atoms with Crippen molar-refractivity contribution in [2.75, 3.05) is 63.8 Å². The first-order valence-electron chi connectivity index (χ1n) is 11.4. The van der Waals surface area contributed by atoms with Crippen molar-refractivity contribution in [3.8, 4) is 0 Å². The summed E-state index contributed by atoms with van der Waals surface area (Å²) in [4.78, 5) is 27.8. The Balaban J connectivity index is 0.00000341. The topological polar surface area (TPSA) is 76.1 Å². The number of hydrogen-bond acceptors (Lipinski definition) is 5. The molecule has 0 unspecified atom stereocenters. The Morgan fingerprint density at radius 1 is 1.16 bits per heavy atom. The zero-order valence-electron chi connectivity index (χ0n) is 19.0. The average Bonchev–Trinajstić information content (AvgIpc) is 3.19. The van der Waals surface area contributed by atoms with Gasteiger partial charge in [-0.1, -0.05) is 6.92 Å². The predicted octanol–water partition coefficient (Wildman–Crippen LogP) is 1.91. The molecule has 3 rings (SSSR count). The van der Waals surface area contributed by atoms with E-state index in [0.29, 0.717) is 18.9 Å². The van der Waals surface area contributed by atoms with Crippen molar-refractivity contribution >= 4 is 41.7 Å². The fourth-order valence-corrected chi connectivity index (χ4v) is 3.95. The molecule has 0 spiro atoms. The first-order valence-corrected chi connectivity index (χ1v) is 11.4. The Morgan fingerprint density at radius 2 is 1.97 bits per heavy atom. The fourth-order valence-electron chi connectivity index (χ4n) is 3.95. The summed E-state index contributed by atoms with van der Waals surface area (Å²) in [5, 5.41) is 6.69. The minimum atomic E-state index is 0. The molecule has 0 atom stereocenters. The van der Waals surface area contributed by atoms with Gasteiger partial charge in [0.05, 0.1) is 6.54 Å². The van der Waals surface area contributed by atoms with Crippen LogP contribution in [0.15, 0.2) is 23.3 Å². The van der Waals surface area contributed by atoms with Gasteiger partial charge in [-0.25, -0.2) is 9.98 Å². The quantitative estimate of drug-likeness (QED) is 0.215. The number of hydrogen-bond donors (Lipinski definition) is 2. The highest BCUT2D eigenvalue weighted by molar-refractivity contribution is 14.0. The van der Waals surface area contributed by atoms with Gasteiger partial charge >= 0.3 is 0 Å². The van der Waals surface area contributed by atoms with Gasteiger partial charge < -0.3 is 25.3 Å². The lowest BCUT2D eigenvalue weighted by Gasteiger charge is -2.34. The van der Waals surface area contributed by atoms with E-state index in [1.807, 2.05) is 17.2 Å². The van der Waals surface area contributed by atoms with Gasteiger partial charge in [-0.05, 0) is 44.0 Å². The van der Waals surface area contributed by atoms with E-state index in [1.54, 1.807) is 0 Å². The maximum atomic E-state index is 11.7. The number of likely N-dealkylation sites (tertiary alicyclic amines) is 1. The molecule has 9 heteroatoms. The zero-order valence-corrected chi connectivity index (χ0v) is 21.3. The van der Waals surface area contributed by atoms with E-state index < -0.39 is 0 Å². The standard InChI is InChI=1S/C22H37N7O.HI/c1-3-23-22(25-9-6-12-29-11-5-7-21(29)30)26-18-19-8-10-24-20(17-19)28-15-13-27(4-2)14-16-28;/h8,10,17H,3-7,9,11-16,18H2,1-2H3,(H2,23,25,26);1H. The van der Waals surface area contributed by atoms with Gasteiger partial charge in [0.1, 0.15) is 5.82 Å². The van der Waals surface area contributed by atoms with Gasteiger partial charge in [0.25, 0.3) is 0 Å². The number of aliphatic imine (C=N–C) groups is 1. The molecule has 3 heterocycles. The molecular formula is C22H38IN7O. The number of carbonyl (C=O) groups excluding carboxylic acids is 1. The molecule has 1 aromatic heterocycles. The van der Waals surface area contributed by atoms with Crippen molar-refractivity contribution in [1.29, 1.82) is 0 Å². The molecule has 174 valence electrons. The Hall–Kier alpha value is -1.62. The van der Waals surface area contributed by atoms with E-state index in [-0.39, 0.29) is 24.0 Å². The molecular weight excluding hydrogens is 505 g/mol. The number of anilines is 1. The molecule has 2 aliphatic heterocycles. The van der Waals surface area contributed by atoms with Crippen molar-refractivity contribution in [2.45, 2.75) is 39.7 Å². The molecule has 2 saturated heterocycles. The van der Waals surface area contributed by atoms with Gasteiger partial charge in [-0.2, -0.15) is 0 Å². The van der Waals surface area contributed by atoms with Crippen LogP contribution in [0, 0.1) is 0 Å². The maximum absolute atomic E-state index is 11.7. The smallest absolute Gasteiger partial charge is 0.222 e. The summed E-state index contributed by atoms with van der Waals surface area (Å²) in [6, 6.07) is 4.20. The van der Waals surface area contributed by atoms with E-state index in [4.69, 9.17) is 4.99 Å². The van der Waals surface area contributed by atoms with Crippen LogP contribution in [-0.2, 0) is 11.3 Å². The summed E-state index contributed by atoms with van der Waals surface area (Å²) < 4.78 is 0. The van der Waals surface area contributed by atoms with Crippen LogP contribution >= 0.6 is 24.0 Å². The highest BCUT2D eigenvalue weighted by atomic mass is 127. The monoisotopic (exact) mass is 543 g/mol. The third-order valence-corrected chi connectivity index (χ3v) is 5.79. The van der Waals surface area contributed by atoms with Crippen LogP contribution in [0.5, 0.6) is 0 Å². The van der Waals surface area contributed by atoms with Gasteiger partial charge in [0.15, 0.2) is 5.96 Å². The summed E-state index contributed by atoms with van der Waals surface area (Å²) in [6.45, 7) is 13.6. The Morgan fingerprint density at radius 3 is 2.65 bits per heavy atom. The molecule has 2 fully saturated rings. The minimum absolute atomic E-state index is 0. The predicted molar refractivity (Wildman–Crippen MR) is 137 cm³/mol. The normalized spacial score (nSPS) is 17.6. The lowest BCUT2D eigenvalue weighted by Crippen LogP contribution is -2.46. The van der Waals surface area contributed by atoms with Crippen molar-refractivity contribution in [3.05, 3.63) is 23.9 Å². The Labute approximate surface area is 203 Å². The molecule has 1 amide bonds. The molecule has 31 heavy (non-hydrogen) atoms. The second-order valence-electron chi connectivity index (χ2n) is 7.90. The van der Waals surface area contributed by atoms with Crippen molar-refractivity contribution in [1.82, 2.24) is 25.4 Å². The van der Waals surface area contributed by atoms with E-state index >= 15 is 0 Å². The largest absolute Gasteiger partial charge is 0.357 e. The van der Waals surface area contributed by atoms with Crippen LogP contribution in [-0.4, -0.2) is 85.6 Å². The molecule has 0 bridgehead atoms. The highest BCUT2D eigenvalue weighted by Gasteiger charge is 2.19. The highest BCUT2D eigenvalue weighted by Crippen LogP contribution is 2.15. The van der Waals surface area contributed by atoms with Crippen LogP contribution in [0.25, 0.3) is 0 Å². The SMILES string of the molecule is CCNC(=NCc1ccnc(N2CCN(CC)CC2)c1)NCCCN1CCCC1=O.I. The summed E-state index contributed by atoms with van der Waals surface area (Å²) in [5.74, 6) is 2.16. The van der Waals surface area contributed by atoms with Gasteiger partial charge in [0.2, 0.25) is 5.91 Å². The number of amides is 1. The van der Waals surface area contributed by atoms with E-state index in [0.717, 1.165) is 89.1 Å². The first-order chi connectivity index (χ1) is 14.7. The summed E-state index contributed by atoms with van der Waals surface area (Å²) in [7, 11) is 0. The van der Waals surface area contributed by atoms with E-state index in [1.165, 1.54) is 0 Å². The number of pyridine rings is 1.